The van der Waals surface area contributed by atoms with Crippen LogP contribution in [-0.4, -0.2) is 15.7 Å². The first kappa shape index (κ1) is 11.0. The number of aryl methyl sites for hydroxylation is 1. The number of fused-ring (bicyclic) bond motifs is 1. The van der Waals surface area contributed by atoms with Crippen LogP contribution in [0.3, 0.4) is 0 Å². The molecule has 1 aliphatic heterocycles. The summed E-state index contributed by atoms with van der Waals surface area (Å²) in [7, 11) is 1.86. The summed E-state index contributed by atoms with van der Waals surface area (Å²) in [6, 6.07) is 7.11. The highest BCUT2D eigenvalue weighted by atomic mass is 16.2. The third kappa shape index (κ3) is 1.60. The number of amides is 1. The van der Waals surface area contributed by atoms with Crippen LogP contribution < -0.4 is 10.6 Å². The average molecular weight is 242 g/mol. The molecule has 0 saturated carbocycles. The molecule has 92 valence electrons. The monoisotopic (exact) mass is 242 g/mol. The number of carbonyl (C=O) groups is 1. The first-order chi connectivity index (χ1) is 8.66. The molecular formula is C13H14N4O. The van der Waals surface area contributed by atoms with Crippen LogP contribution in [0, 0.1) is 0 Å². The summed E-state index contributed by atoms with van der Waals surface area (Å²) < 4.78 is 1.72. The fraction of sp³-hybridized carbons (Fsp3) is 0.231. The number of carbonyl (C=O) groups excluding carboxylic acids is 1. The lowest BCUT2D eigenvalue weighted by atomic mass is 10.1. The minimum atomic E-state index is -0.544. The maximum atomic E-state index is 12.1. The number of hydrogen-bond donors (Lipinski definition) is 1. The van der Waals surface area contributed by atoms with Gasteiger partial charge < -0.3 is 10.6 Å². The molecule has 0 fully saturated rings. The molecule has 5 heteroatoms. The Kier molecular flexibility index (Phi) is 2.41. The normalized spacial score (nSPS) is 18.2. The second-order valence-electron chi connectivity index (χ2n) is 4.48. The highest BCUT2D eigenvalue weighted by Crippen LogP contribution is 2.34. The highest BCUT2D eigenvalue weighted by Gasteiger charge is 2.34. The molecule has 0 bridgehead atoms. The van der Waals surface area contributed by atoms with Gasteiger partial charge in [-0.3, -0.25) is 9.48 Å². The van der Waals surface area contributed by atoms with Crippen LogP contribution in [0.4, 0.5) is 5.69 Å². The molecule has 0 radical (unpaired) electrons. The van der Waals surface area contributed by atoms with Crippen LogP contribution in [0.1, 0.15) is 17.2 Å². The number of nitrogens with two attached hydrogens (primary N) is 1. The second kappa shape index (κ2) is 3.96. The third-order valence-corrected chi connectivity index (χ3v) is 3.19. The quantitative estimate of drug-likeness (QED) is 0.853. The Morgan fingerprint density at radius 1 is 1.39 bits per heavy atom. The van der Waals surface area contributed by atoms with Crippen molar-refractivity contribution in [1.82, 2.24) is 9.78 Å². The number of benzene rings is 1. The van der Waals surface area contributed by atoms with Crippen molar-refractivity contribution in [2.24, 2.45) is 12.8 Å². The van der Waals surface area contributed by atoms with E-state index in [-0.39, 0.29) is 5.91 Å². The van der Waals surface area contributed by atoms with Crippen LogP contribution in [0.2, 0.25) is 0 Å². The highest BCUT2D eigenvalue weighted by molar-refractivity contribution is 6.04. The van der Waals surface area contributed by atoms with Crippen LogP contribution >= 0.6 is 0 Å². The van der Waals surface area contributed by atoms with Gasteiger partial charge in [0.2, 0.25) is 5.91 Å². The van der Waals surface area contributed by atoms with Crippen molar-refractivity contribution in [1.29, 1.82) is 0 Å². The van der Waals surface area contributed by atoms with Gasteiger partial charge in [-0.05, 0) is 6.07 Å². The zero-order chi connectivity index (χ0) is 12.7. The van der Waals surface area contributed by atoms with Gasteiger partial charge in [0.1, 0.15) is 6.04 Å². The van der Waals surface area contributed by atoms with Crippen molar-refractivity contribution in [3.05, 3.63) is 47.8 Å². The molecule has 1 unspecified atom stereocenters. The van der Waals surface area contributed by atoms with Gasteiger partial charge in [-0.25, -0.2) is 0 Å². The van der Waals surface area contributed by atoms with Gasteiger partial charge in [0.05, 0.1) is 12.7 Å². The number of anilines is 1. The second-order valence-corrected chi connectivity index (χ2v) is 4.48. The molecule has 2 aromatic rings. The van der Waals surface area contributed by atoms with Gasteiger partial charge >= 0.3 is 0 Å². The molecule has 1 aromatic carbocycles. The van der Waals surface area contributed by atoms with Crippen molar-refractivity contribution in [2.45, 2.75) is 12.6 Å². The van der Waals surface area contributed by atoms with Gasteiger partial charge in [-0.2, -0.15) is 5.10 Å². The maximum absolute atomic E-state index is 12.1. The predicted molar refractivity (Wildman–Crippen MR) is 67.8 cm³/mol. The van der Waals surface area contributed by atoms with Crippen LogP contribution in [0.15, 0.2) is 36.7 Å². The Morgan fingerprint density at radius 3 is 2.89 bits per heavy atom. The van der Waals surface area contributed by atoms with E-state index in [0.717, 1.165) is 16.8 Å². The summed E-state index contributed by atoms with van der Waals surface area (Å²) in [6.45, 7) is 0.511. The summed E-state index contributed by atoms with van der Waals surface area (Å²) in [5.41, 5.74) is 8.72. The van der Waals surface area contributed by atoms with E-state index in [1.165, 1.54) is 0 Å². The first-order valence-electron chi connectivity index (χ1n) is 5.80. The van der Waals surface area contributed by atoms with E-state index in [1.807, 2.05) is 37.5 Å². The lowest BCUT2D eigenvalue weighted by molar-refractivity contribution is -0.119. The molecule has 1 aliphatic rings. The number of nitrogens with zero attached hydrogens (tertiary/aromatic N) is 3. The topological polar surface area (TPSA) is 64.2 Å². The number of aromatic nitrogens is 2. The SMILES string of the molecule is Cn1cc(CN2C(=O)C(N)c3ccccc32)cn1. The molecular weight excluding hydrogens is 228 g/mol. The van der Waals surface area contributed by atoms with E-state index in [0.29, 0.717) is 6.54 Å². The third-order valence-electron chi connectivity index (χ3n) is 3.19. The van der Waals surface area contributed by atoms with E-state index in [4.69, 9.17) is 5.73 Å². The van der Waals surface area contributed by atoms with Crippen LogP contribution in [-0.2, 0) is 18.4 Å². The van der Waals surface area contributed by atoms with Gasteiger partial charge in [0.25, 0.3) is 0 Å². The lowest BCUT2D eigenvalue weighted by Gasteiger charge is -2.16. The number of rotatable bonds is 2. The summed E-state index contributed by atoms with van der Waals surface area (Å²) in [5, 5.41) is 4.11. The molecule has 0 spiro atoms. The van der Waals surface area contributed by atoms with Crippen molar-refractivity contribution < 1.29 is 4.79 Å². The van der Waals surface area contributed by atoms with Gasteiger partial charge in [-0.1, -0.05) is 18.2 Å². The van der Waals surface area contributed by atoms with Crippen molar-refractivity contribution in [3.8, 4) is 0 Å². The number of para-hydroxylation sites is 1. The summed E-state index contributed by atoms with van der Waals surface area (Å²) >= 11 is 0. The zero-order valence-electron chi connectivity index (χ0n) is 10.1. The fourth-order valence-electron chi connectivity index (χ4n) is 2.32. The molecule has 18 heavy (non-hydrogen) atoms. The lowest BCUT2D eigenvalue weighted by Crippen LogP contribution is -2.31. The molecule has 2 N–H and O–H groups in total. The van der Waals surface area contributed by atoms with E-state index >= 15 is 0 Å². The molecule has 3 rings (SSSR count). The molecule has 2 heterocycles. The van der Waals surface area contributed by atoms with Crippen molar-refractivity contribution >= 4 is 11.6 Å². The van der Waals surface area contributed by atoms with Gasteiger partial charge in [0.15, 0.2) is 0 Å². The Balaban J connectivity index is 1.95. The van der Waals surface area contributed by atoms with Gasteiger partial charge in [0, 0.05) is 30.1 Å². The summed E-state index contributed by atoms with van der Waals surface area (Å²) in [5.74, 6) is -0.0555. The molecule has 1 atom stereocenters. The summed E-state index contributed by atoms with van der Waals surface area (Å²) in [4.78, 5) is 13.9. The number of hydrogen-bond acceptors (Lipinski definition) is 3. The largest absolute Gasteiger partial charge is 0.316 e. The van der Waals surface area contributed by atoms with Crippen molar-refractivity contribution in [2.75, 3.05) is 4.90 Å². The van der Waals surface area contributed by atoms with Crippen molar-refractivity contribution in [3.63, 3.8) is 0 Å². The molecule has 1 amide bonds. The minimum Gasteiger partial charge on any atom is -0.316 e. The van der Waals surface area contributed by atoms with Crippen LogP contribution in [0.5, 0.6) is 0 Å². The minimum absolute atomic E-state index is 0.0555. The van der Waals surface area contributed by atoms with Gasteiger partial charge in [-0.15, -0.1) is 0 Å². The predicted octanol–water partition coefficient (Wildman–Crippen LogP) is 0.967. The Morgan fingerprint density at radius 2 is 2.17 bits per heavy atom. The molecule has 0 saturated heterocycles. The standard InChI is InChI=1S/C13H14N4O/c1-16-7-9(6-15-16)8-17-11-5-3-2-4-10(11)12(14)13(17)18/h2-7,12H,8,14H2,1H3. The first-order valence-corrected chi connectivity index (χ1v) is 5.80. The smallest absolute Gasteiger partial charge is 0.248 e. The Bertz CT molecular complexity index is 605. The fourth-order valence-corrected chi connectivity index (χ4v) is 2.32. The Hall–Kier alpha value is -2.14. The van der Waals surface area contributed by atoms with Crippen LogP contribution in [0.25, 0.3) is 0 Å². The van der Waals surface area contributed by atoms with E-state index in [9.17, 15) is 4.79 Å². The van der Waals surface area contributed by atoms with E-state index in [1.54, 1.807) is 15.8 Å². The summed E-state index contributed by atoms with van der Waals surface area (Å²) in [6.07, 6.45) is 3.67. The average Bonchev–Trinajstić information content (AvgIpc) is 2.88. The molecule has 1 aromatic heterocycles. The zero-order valence-corrected chi connectivity index (χ0v) is 10.1. The molecule has 5 nitrogen and oxygen atoms in total. The molecule has 0 aliphatic carbocycles. The van der Waals surface area contributed by atoms with E-state index in [2.05, 4.69) is 5.10 Å². The van der Waals surface area contributed by atoms with E-state index < -0.39 is 6.04 Å². The Labute approximate surface area is 105 Å². The maximum Gasteiger partial charge on any atom is 0.248 e.